The summed E-state index contributed by atoms with van der Waals surface area (Å²) in [5.41, 5.74) is 6.24. The van der Waals surface area contributed by atoms with Gasteiger partial charge < -0.3 is 10.2 Å². The number of nitrogens with two attached hydrogens (primary N) is 1. The van der Waals surface area contributed by atoms with Gasteiger partial charge in [0.15, 0.2) is 0 Å². The second-order valence-electron chi connectivity index (χ2n) is 4.68. The lowest BCUT2D eigenvalue weighted by molar-refractivity contribution is 0.360. The highest BCUT2D eigenvalue weighted by atomic mass is 35.5. The molecule has 1 unspecified atom stereocenters. The van der Waals surface area contributed by atoms with Crippen molar-refractivity contribution in [3.05, 3.63) is 52.7 Å². The number of hydrogen-bond acceptors (Lipinski definition) is 4. The van der Waals surface area contributed by atoms with Crippen molar-refractivity contribution >= 4 is 21.6 Å². The molecule has 1 aromatic carbocycles. The molecule has 5 nitrogen and oxygen atoms in total. The van der Waals surface area contributed by atoms with Gasteiger partial charge in [-0.25, -0.2) is 8.42 Å². The first kappa shape index (κ1) is 16.0. The highest BCUT2D eigenvalue weighted by Gasteiger charge is 2.29. The summed E-state index contributed by atoms with van der Waals surface area (Å²) in [7, 11) is -2.21. The zero-order chi connectivity index (χ0) is 15.6. The highest BCUT2D eigenvalue weighted by molar-refractivity contribution is 7.89. The Kier molecular flexibility index (Phi) is 4.73. The Morgan fingerprint density at radius 2 is 2.05 bits per heavy atom. The SMILES string of the molecule is CC(c1cccc(Cl)c1)N(C)S(=O)(=O)c1ccc(CN)o1. The second kappa shape index (κ2) is 6.19. The van der Waals surface area contributed by atoms with Crippen LogP contribution in [0.3, 0.4) is 0 Å². The molecular weight excluding hydrogens is 312 g/mol. The molecule has 0 saturated heterocycles. The van der Waals surface area contributed by atoms with Gasteiger partial charge in [0.2, 0.25) is 5.09 Å². The van der Waals surface area contributed by atoms with E-state index in [1.165, 1.54) is 17.4 Å². The minimum absolute atomic E-state index is 0.112. The van der Waals surface area contributed by atoms with Crippen LogP contribution in [0, 0.1) is 0 Å². The number of nitrogens with zero attached hydrogens (tertiary/aromatic N) is 1. The molecule has 1 aromatic heterocycles. The molecule has 0 radical (unpaired) electrons. The summed E-state index contributed by atoms with van der Waals surface area (Å²) in [5.74, 6) is 0.428. The molecule has 0 amide bonds. The molecule has 1 atom stereocenters. The molecule has 0 fully saturated rings. The Morgan fingerprint density at radius 3 is 2.62 bits per heavy atom. The van der Waals surface area contributed by atoms with E-state index in [4.69, 9.17) is 21.8 Å². The van der Waals surface area contributed by atoms with Crippen LogP contribution in [0.5, 0.6) is 0 Å². The number of furan rings is 1. The maximum atomic E-state index is 12.5. The molecule has 2 aromatic rings. The molecule has 21 heavy (non-hydrogen) atoms. The lowest BCUT2D eigenvalue weighted by atomic mass is 10.1. The standard InChI is InChI=1S/C14H17ClN2O3S/c1-10(11-4-3-5-12(15)8-11)17(2)21(18,19)14-7-6-13(9-16)20-14/h3-8,10H,9,16H2,1-2H3. The van der Waals surface area contributed by atoms with Crippen LogP contribution in [0.4, 0.5) is 0 Å². The Balaban J connectivity index is 2.31. The average molecular weight is 329 g/mol. The summed E-state index contributed by atoms with van der Waals surface area (Å²) >= 11 is 5.95. The smallest absolute Gasteiger partial charge is 0.276 e. The van der Waals surface area contributed by atoms with Gasteiger partial charge in [0.05, 0.1) is 6.54 Å². The lowest BCUT2D eigenvalue weighted by Gasteiger charge is -2.23. The van der Waals surface area contributed by atoms with Gasteiger partial charge in [0.1, 0.15) is 5.76 Å². The predicted molar refractivity (Wildman–Crippen MR) is 81.4 cm³/mol. The van der Waals surface area contributed by atoms with Gasteiger partial charge in [0.25, 0.3) is 10.0 Å². The van der Waals surface area contributed by atoms with E-state index in [0.29, 0.717) is 10.8 Å². The number of halogens is 1. The molecule has 1 heterocycles. The van der Waals surface area contributed by atoms with Crippen molar-refractivity contribution in [3.63, 3.8) is 0 Å². The number of sulfonamides is 1. The molecular formula is C14H17ClN2O3S. The van der Waals surface area contributed by atoms with Crippen LogP contribution < -0.4 is 5.73 Å². The van der Waals surface area contributed by atoms with Crippen molar-refractivity contribution in [2.24, 2.45) is 5.73 Å². The highest BCUT2D eigenvalue weighted by Crippen LogP contribution is 2.27. The zero-order valence-electron chi connectivity index (χ0n) is 11.8. The Bertz CT molecular complexity index is 727. The molecule has 2 rings (SSSR count). The molecule has 2 N–H and O–H groups in total. The van der Waals surface area contributed by atoms with Crippen LogP contribution in [0.2, 0.25) is 5.02 Å². The number of hydrogen-bond donors (Lipinski definition) is 1. The first-order chi connectivity index (χ1) is 9.86. The first-order valence-electron chi connectivity index (χ1n) is 6.38. The van der Waals surface area contributed by atoms with Crippen molar-refractivity contribution in [3.8, 4) is 0 Å². The van der Waals surface area contributed by atoms with Crippen LogP contribution in [-0.4, -0.2) is 19.8 Å². The fourth-order valence-electron chi connectivity index (χ4n) is 1.93. The Morgan fingerprint density at radius 1 is 1.33 bits per heavy atom. The number of benzene rings is 1. The third kappa shape index (κ3) is 3.29. The van der Waals surface area contributed by atoms with Gasteiger partial charge in [0, 0.05) is 18.1 Å². The molecule has 7 heteroatoms. The number of rotatable bonds is 5. The minimum Gasteiger partial charge on any atom is -0.447 e. The summed E-state index contributed by atoms with van der Waals surface area (Å²) in [5, 5.41) is 0.452. The minimum atomic E-state index is -3.72. The monoisotopic (exact) mass is 328 g/mol. The molecule has 0 bridgehead atoms. The molecule has 0 aliphatic rings. The Labute approximate surface area is 129 Å². The maximum Gasteiger partial charge on any atom is 0.276 e. The summed E-state index contributed by atoms with van der Waals surface area (Å²) in [4.78, 5) is 0. The van der Waals surface area contributed by atoms with E-state index in [2.05, 4.69) is 0 Å². The molecule has 0 aliphatic carbocycles. The Hall–Kier alpha value is -1.34. The van der Waals surface area contributed by atoms with Gasteiger partial charge in [-0.1, -0.05) is 23.7 Å². The van der Waals surface area contributed by atoms with Crippen molar-refractivity contribution in [1.82, 2.24) is 4.31 Å². The molecule has 114 valence electrons. The predicted octanol–water partition coefficient (Wildman–Crippen LogP) is 2.77. The van der Waals surface area contributed by atoms with E-state index >= 15 is 0 Å². The first-order valence-corrected chi connectivity index (χ1v) is 8.20. The topological polar surface area (TPSA) is 76.5 Å². The third-order valence-corrected chi connectivity index (χ3v) is 5.39. The summed E-state index contributed by atoms with van der Waals surface area (Å²) in [6.07, 6.45) is 0. The van der Waals surface area contributed by atoms with Crippen LogP contribution in [0.1, 0.15) is 24.3 Å². The van der Waals surface area contributed by atoms with Crippen LogP contribution in [0.15, 0.2) is 45.9 Å². The van der Waals surface area contributed by atoms with Gasteiger partial charge in [-0.3, -0.25) is 0 Å². The van der Waals surface area contributed by atoms with E-state index in [1.54, 1.807) is 31.2 Å². The van der Waals surface area contributed by atoms with Crippen molar-refractivity contribution in [1.29, 1.82) is 0 Å². The fourth-order valence-corrected chi connectivity index (χ4v) is 3.41. The van der Waals surface area contributed by atoms with E-state index in [0.717, 1.165) is 5.56 Å². The van der Waals surface area contributed by atoms with Crippen LogP contribution >= 0.6 is 11.6 Å². The van der Waals surface area contributed by atoms with Crippen molar-refractivity contribution in [2.75, 3.05) is 7.05 Å². The maximum absolute atomic E-state index is 12.5. The molecule has 0 saturated carbocycles. The van der Waals surface area contributed by atoms with Crippen molar-refractivity contribution < 1.29 is 12.8 Å². The van der Waals surface area contributed by atoms with Gasteiger partial charge in [-0.2, -0.15) is 4.31 Å². The van der Waals surface area contributed by atoms with E-state index in [9.17, 15) is 8.42 Å². The second-order valence-corrected chi connectivity index (χ2v) is 7.04. The summed E-state index contributed by atoms with van der Waals surface area (Å²) in [6.45, 7) is 1.94. The zero-order valence-corrected chi connectivity index (χ0v) is 13.4. The van der Waals surface area contributed by atoms with Gasteiger partial charge >= 0.3 is 0 Å². The fraction of sp³-hybridized carbons (Fsp3) is 0.286. The van der Waals surface area contributed by atoms with E-state index < -0.39 is 10.0 Å². The average Bonchev–Trinajstić information content (AvgIpc) is 2.95. The summed E-state index contributed by atoms with van der Waals surface area (Å²) in [6, 6.07) is 9.70. The molecule has 0 spiro atoms. The van der Waals surface area contributed by atoms with Gasteiger partial charge in [-0.05, 0) is 36.8 Å². The lowest BCUT2D eigenvalue weighted by Crippen LogP contribution is -2.29. The normalized spacial score (nSPS) is 13.6. The van der Waals surface area contributed by atoms with E-state index in [-0.39, 0.29) is 17.7 Å². The summed E-state index contributed by atoms with van der Waals surface area (Å²) < 4.78 is 31.5. The van der Waals surface area contributed by atoms with Gasteiger partial charge in [-0.15, -0.1) is 0 Å². The van der Waals surface area contributed by atoms with Crippen molar-refractivity contribution in [2.45, 2.75) is 24.6 Å². The third-order valence-electron chi connectivity index (χ3n) is 3.35. The largest absolute Gasteiger partial charge is 0.447 e. The van der Waals surface area contributed by atoms with Crippen LogP contribution in [0.25, 0.3) is 0 Å². The quantitative estimate of drug-likeness (QED) is 0.915. The van der Waals surface area contributed by atoms with Crippen LogP contribution in [-0.2, 0) is 16.6 Å². The van der Waals surface area contributed by atoms with E-state index in [1.807, 2.05) is 6.07 Å². The molecule has 0 aliphatic heterocycles.